The molecule has 0 saturated heterocycles. The third kappa shape index (κ3) is 3.54. The lowest BCUT2D eigenvalue weighted by Gasteiger charge is -2.10. The first-order valence-corrected chi connectivity index (χ1v) is 8.32. The molecule has 7 heteroatoms. The van der Waals surface area contributed by atoms with Crippen LogP contribution in [0.25, 0.3) is 11.5 Å². The Morgan fingerprint density at radius 2 is 2.04 bits per heavy atom. The Balaban J connectivity index is 1.92. The lowest BCUT2D eigenvalue weighted by atomic mass is 10.1. The van der Waals surface area contributed by atoms with Gasteiger partial charge in [-0.15, -0.1) is 0 Å². The fourth-order valence-corrected chi connectivity index (χ4v) is 3.14. The average molecular weight is 351 g/mol. The van der Waals surface area contributed by atoms with Crippen molar-refractivity contribution in [1.82, 2.24) is 9.97 Å². The van der Waals surface area contributed by atoms with Crippen molar-refractivity contribution in [3.63, 3.8) is 0 Å². The quantitative estimate of drug-likeness (QED) is 0.430. The van der Waals surface area contributed by atoms with Crippen molar-refractivity contribution in [2.24, 2.45) is 0 Å². The summed E-state index contributed by atoms with van der Waals surface area (Å²) >= 11 is 1.12. The Hall–Kier alpha value is -3.11. The second kappa shape index (κ2) is 7.20. The molecule has 0 spiro atoms. The molecule has 0 saturated carbocycles. The first-order chi connectivity index (χ1) is 12.1. The summed E-state index contributed by atoms with van der Waals surface area (Å²) in [5.74, 6) is 0.253. The molecule has 0 amide bonds. The number of aromatic amines is 1. The number of hydrogen-bond donors (Lipinski definition) is 1. The molecule has 1 unspecified atom stereocenters. The third-order valence-corrected chi connectivity index (χ3v) is 4.46. The largest absolute Gasteiger partial charge is 0.463 e. The van der Waals surface area contributed by atoms with Gasteiger partial charge in [0.2, 0.25) is 0 Å². The minimum absolute atomic E-state index is 0.0721. The summed E-state index contributed by atoms with van der Waals surface area (Å²) < 4.78 is 5.25. The molecule has 0 aliphatic carbocycles. The number of ketones is 1. The molecule has 0 fully saturated rings. The number of nitrogens with zero attached hydrogens (tertiary/aromatic N) is 2. The summed E-state index contributed by atoms with van der Waals surface area (Å²) in [6.45, 7) is 1.74. The second-order valence-corrected chi connectivity index (χ2v) is 6.50. The Bertz CT molecular complexity index is 989. The Kier molecular flexibility index (Phi) is 4.82. The summed E-state index contributed by atoms with van der Waals surface area (Å²) in [5.41, 5.74) is 0.0648. The fourth-order valence-electron chi connectivity index (χ4n) is 2.26. The van der Waals surface area contributed by atoms with E-state index in [0.717, 1.165) is 11.8 Å². The van der Waals surface area contributed by atoms with E-state index in [4.69, 9.17) is 4.42 Å². The SMILES string of the molecule is CC(Sc1nc(-c2ccco2)c(C#N)c(=O)[nH]1)C(=O)c1ccccc1. The van der Waals surface area contributed by atoms with Gasteiger partial charge in [-0.25, -0.2) is 4.98 Å². The molecule has 0 radical (unpaired) electrons. The van der Waals surface area contributed by atoms with Crippen molar-refractivity contribution in [2.75, 3.05) is 0 Å². The standard InChI is InChI=1S/C18H13N3O3S/c1-11(16(22)12-6-3-2-4-7-12)25-18-20-15(14-8-5-9-24-14)13(10-19)17(23)21-18/h2-9,11H,1H3,(H,20,21,23). The molecule has 2 heterocycles. The highest BCUT2D eigenvalue weighted by atomic mass is 32.2. The highest BCUT2D eigenvalue weighted by molar-refractivity contribution is 8.00. The predicted octanol–water partition coefficient (Wildman–Crippen LogP) is 3.27. The van der Waals surface area contributed by atoms with Crippen LogP contribution < -0.4 is 5.56 Å². The molecule has 3 rings (SSSR count). The minimum Gasteiger partial charge on any atom is -0.463 e. The van der Waals surface area contributed by atoms with E-state index in [1.54, 1.807) is 43.3 Å². The van der Waals surface area contributed by atoms with Gasteiger partial charge in [-0.05, 0) is 19.1 Å². The number of aromatic nitrogens is 2. The van der Waals surface area contributed by atoms with Crippen molar-refractivity contribution < 1.29 is 9.21 Å². The predicted molar refractivity (Wildman–Crippen MR) is 93.4 cm³/mol. The van der Waals surface area contributed by atoms with E-state index in [1.807, 2.05) is 12.1 Å². The summed E-state index contributed by atoms with van der Waals surface area (Å²) in [6, 6.07) is 14.0. The number of nitrogens with one attached hydrogen (secondary N) is 1. The highest BCUT2D eigenvalue weighted by Gasteiger charge is 2.20. The number of furan rings is 1. The lowest BCUT2D eigenvalue weighted by Crippen LogP contribution is -2.18. The zero-order chi connectivity index (χ0) is 17.8. The van der Waals surface area contributed by atoms with Crippen LogP contribution in [0.5, 0.6) is 0 Å². The van der Waals surface area contributed by atoms with Crippen LogP contribution in [0.4, 0.5) is 0 Å². The summed E-state index contributed by atoms with van der Waals surface area (Å²) in [7, 11) is 0. The first-order valence-electron chi connectivity index (χ1n) is 7.44. The van der Waals surface area contributed by atoms with Crippen molar-refractivity contribution >= 4 is 17.5 Å². The molecule has 1 atom stereocenters. The zero-order valence-corrected chi connectivity index (χ0v) is 14.0. The van der Waals surface area contributed by atoms with E-state index >= 15 is 0 Å². The summed E-state index contributed by atoms with van der Waals surface area (Å²) in [4.78, 5) is 31.5. The molecule has 0 aliphatic heterocycles. The third-order valence-electron chi connectivity index (χ3n) is 3.48. The van der Waals surface area contributed by atoms with E-state index < -0.39 is 10.8 Å². The summed E-state index contributed by atoms with van der Waals surface area (Å²) in [5, 5.41) is 9.00. The molecule has 25 heavy (non-hydrogen) atoms. The number of carbonyl (C=O) groups excluding carboxylic acids is 1. The monoisotopic (exact) mass is 351 g/mol. The van der Waals surface area contributed by atoms with Gasteiger partial charge < -0.3 is 9.40 Å². The number of H-pyrrole nitrogens is 1. The molecule has 6 nitrogen and oxygen atoms in total. The van der Waals surface area contributed by atoms with Gasteiger partial charge in [0.05, 0.1) is 11.5 Å². The highest BCUT2D eigenvalue weighted by Crippen LogP contribution is 2.26. The number of Topliss-reactive ketones (excluding diaryl/α,β-unsaturated/α-hetero) is 1. The molecular weight excluding hydrogens is 338 g/mol. The van der Waals surface area contributed by atoms with Gasteiger partial charge in [-0.3, -0.25) is 9.59 Å². The van der Waals surface area contributed by atoms with E-state index in [-0.39, 0.29) is 22.2 Å². The van der Waals surface area contributed by atoms with Crippen LogP contribution in [0.3, 0.4) is 0 Å². The van der Waals surface area contributed by atoms with Crippen LogP contribution in [0.15, 0.2) is 63.1 Å². The molecule has 124 valence electrons. The van der Waals surface area contributed by atoms with E-state index in [1.165, 1.54) is 6.26 Å². The number of nitriles is 1. The van der Waals surface area contributed by atoms with Crippen LogP contribution in [-0.2, 0) is 0 Å². The van der Waals surface area contributed by atoms with Gasteiger partial charge in [0.15, 0.2) is 16.7 Å². The Morgan fingerprint density at radius 3 is 2.68 bits per heavy atom. The van der Waals surface area contributed by atoms with E-state index in [2.05, 4.69) is 9.97 Å². The topological polar surface area (TPSA) is 99.8 Å². The van der Waals surface area contributed by atoms with Crippen molar-refractivity contribution in [1.29, 1.82) is 5.26 Å². The van der Waals surface area contributed by atoms with Gasteiger partial charge in [0, 0.05) is 5.56 Å². The van der Waals surface area contributed by atoms with Crippen molar-refractivity contribution in [2.45, 2.75) is 17.3 Å². The van der Waals surface area contributed by atoms with Crippen LogP contribution in [0, 0.1) is 11.3 Å². The number of rotatable bonds is 5. The Labute approximate surface area is 147 Å². The Morgan fingerprint density at radius 1 is 1.28 bits per heavy atom. The van der Waals surface area contributed by atoms with Gasteiger partial charge >= 0.3 is 0 Å². The normalized spacial score (nSPS) is 11.7. The van der Waals surface area contributed by atoms with Crippen molar-refractivity contribution in [3.05, 3.63) is 70.2 Å². The molecule has 0 bridgehead atoms. The molecule has 1 aromatic carbocycles. The van der Waals surface area contributed by atoms with Gasteiger partial charge in [-0.1, -0.05) is 42.1 Å². The second-order valence-electron chi connectivity index (χ2n) is 5.17. The van der Waals surface area contributed by atoms with Crippen LogP contribution in [0.1, 0.15) is 22.8 Å². The zero-order valence-electron chi connectivity index (χ0n) is 13.2. The summed E-state index contributed by atoms with van der Waals surface area (Å²) in [6.07, 6.45) is 1.44. The van der Waals surface area contributed by atoms with E-state index in [0.29, 0.717) is 11.3 Å². The van der Waals surface area contributed by atoms with Crippen LogP contribution >= 0.6 is 11.8 Å². The fraction of sp³-hybridized carbons (Fsp3) is 0.111. The van der Waals surface area contributed by atoms with Crippen LogP contribution in [0.2, 0.25) is 0 Å². The maximum atomic E-state index is 12.5. The maximum absolute atomic E-state index is 12.5. The number of hydrogen-bond acceptors (Lipinski definition) is 6. The molecule has 1 N–H and O–H groups in total. The van der Waals surface area contributed by atoms with E-state index in [9.17, 15) is 14.9 Å². The lowest BCUT2D eigenvalue weighted by molar-refractivity contribution is 0.0994. The maximum Gasteiger partial charge on any atom is 0.270 e. The first kappa shape index (κ1) is 16.7. The van der Waals surface area contributed by atoms with Gasteiger partial charge in [0.25, 0.3) is 5.56 Å². The molecule has 2 aromatic heterocycles. The average Bonchev–Trinajstić information content (AvgIpc) is 3.16. The smallest absolute Gasteiger partial charge is 0.270 e. The van der Waals surface area contributed by atoms with Gasteiger partial charge in [-0.2, -0.15) is 5.26 Å². The number of benzene rings is 1. The van der Waals surface area contributed by atoms with Crippen molar-refractivity contribution in [3.8, 4) is 17.5 Å². The minimum atomic E-state index is -0.564. The number of carbonyl (C=O) groups is 1. The van der Waals surface area contributed by atoms with Gasteiger partial charge in [0.1, 0.15) is 17.3 Å². The van der Waals surface area contributed by atoms with Crippen LogP contribution in [-0.4, -0.2) is 21.0 Å². The molecule has 0 aliphatic rings. The number of thioether (sulfide) groups is 1. The molecule has 3 aromatic rings. The molecular formula is C18H13N3O3S.